The summed E-state index contributed by atoms with van der Waals surface area (Å²) in [5, 5.41) is 31.3. The smallest absolute Gasteiger partial charge is 0.127 e. The van der Waals surface area contributed by atoms with Crippen LogP contribution in [-0.2, 0) is 6.54 Å². The van der Waals surface area contributed by atoms with Crippen molar-refractivity contribution in [2.75, 3.05) is 18.5 Å². The zero-order valence-electron chi connectivity index (χ0n) is 14.8. The van der Waals surface area contributed by atoms with Crippen LogP contribution in [0.1, 0.15) is 5.56 Å². The first-order chi connectivity index (χ1) is 13.6. The average molecular weight is 420 g/mol. The third-order valence-corrected chi connectivity index (χ3v) is 5.33. The maximum absolute atomic E-state index is 9.54. The summed E-state index contributed by atoms with van der Waals surface area (Å²) in [5.74, 6) is 1.46. The molecule has 0 spiro atoms. The van der Waals surface area contributed by atoms with Gasteiger partial charge in [-0.15, -0.1) is 0 Å². The maximum Gasteiger partial charge on any atom is 0.127 e. The number of H-pyrrole nitrogens is 2. The number of aliphatic hydroxyl groups excluding tert-OH is 2. The van der Waals surface area contributed by atoms with Crippen molar-refractivity contribution in [3.63, 3.8) is 0 Å². The van der Waals surface area contributed by atoms with Crippen LogP contribution in [0, 0.1) is 0 Å². The zero-order chi connectivity index (χ0) is 19.7. The van der Waals surface area contributed by atoms with E-state index >= 15 is 0 Å². The van der Waals surface area contributed by atoms with Crippen LogP contribution in [0.25, 0.3) is 22.0 Å². The standard InChI is InChI=1S/C20H19Cl2N3O3/c21-16-4-2-5-17(22)15(16)8-23-20-14-7-13-12(19(14)24-25-20)3-1-6-18(13)28-10-11(27)9-26/h1-7,11,23-27H,8-10H2. The van der Waals surface area contributed by atoms with Crippen LogP contribution in [0.15, 0.2) is 42.5 Å². The first kappa shape index (κ1) is 19.0. The second-order valence-corrected chi connectivity index (χ2v) is 7.29. The van der Waals surface area contributed by atoms with Gasteiger partial charge in [-0.25, -0.2) is 0 Å². The van der Waals surface area contributed by atoms with E-state index < -0.39 is 6.10 Å². The zero-order valence-corrected chi connectivity index (χ0v) is 16.3. The molecule has 0 saturated carbocycles. The Balaban J connectivity index is 1.62. The van der Waals surface area contributed by atoms with E-state index in [9.17, 15) is 5.11 Å². The Morgan fingerprint density at radius 3 is 2.54 bits per heavy atom. The fraction of sp³-hybridized carbons (Fsp3) is 0.200. The number of aliphatic hydroxyl groups is 2. The molecule has 2 aromatic rings. The predicted octanol–water partition coefficient (Wildman–Crippen LogP) is 4.25. The van der Waals surface area contributed by atoms with Gasteiger partial charge < -0.3 is 20.3 Å². The largest absolute Gasteiger partial charge is 0.490 e. The fourth-order valence-corrected chi connectivity index (χ4v) is 3.71. The van der Waals surface area contributed by atoms with Crippen LogP contribution in [-0.4, -0.2) is 39.7 Å². The van der Waals surface area contributed by atoms with Crippen molar-refractivity contribution in [2.24, 2.45) is 0 Å². The molecule has 1 aliphatic carbocycles. The number of fused-ring (bicyclic) bond motifs is 3. The second kappa shape index (κ2) is 7.93. The highest BCUT2D eigenvalue weighted by Crippen LogP contribution is 2.41. The summed E-state index contributed by atoms with van der Waals surface area (Å²) < 4.78 is 5.68. The van der Waals surface area contributed by atoms with Crippen molar-refractivity contribution >= 4 is 39.8 Å². The topological polar surface area (TPSA) is 93.3 Å². The molecule has 28 heavy (non-hydrogen) atoms. The Kier molecular flexibility index (Phi) is 5.37. The van der Waals surface area contributed by atoms with Crippen molar-refractivity contribution < 1.29 is 14.9 Å². The molecule has 4 rings (SSSR count). The highest BCUT2D eigenvalue weighted by Gasteiger charge is 2.19. The quantitative estimate of drug-likeness (QED) is 0.309. The number of nitrogens with one attached hydrogen (secondary N) is 3. The van der Waals surface area contributed by atoms with Crippen LogP contribution >= 0.6 is 23.2 Å². The van der Waals surface area contributed by atoms with Crippen molar-refractivity contribution in [2.45, 2.75) is 12.6 Å². The number of benzene rings is 2. The molecule has 2 aliphatic rings. The predicted molar refractivity (Wildman–Crippen MR) is 112 cm³/mol. The minimum atomic E-state index is -0.916. The van der Waals surface area contributed by atoms with Crippen molar-refractivity contribution in [1.82, 2.24) is 10.2 Å². The van der Waals surface area contributed by atoms with Gasteiger partial charge in [0.25, 0.3) is 0 Å². The molecule has 5 N–H and O–H groups in total. The van der Waals surface area contributed by atoms with E-state index in [-0.39, 0.29) is 13.2 Å². The first-order valence-corrected chi connectivity index (χ1v) is 9.54. The second-order valence-electron chi connectivity index (χ2n) is 6.48. The molecule has 8 heteroatoms. The van der Waals surface area contributed by atoms with Gasteiger partial charge in [0.2, 0.25) is 0 Å². The molecule has 1 atom stereocenters. The van der Waals surface area contributed by atoms with Gasteiger partial charge in [0.1, 0.15) is 24.3 Å². The summed E-state index contributed by atoms with van der Waals surface area (Å²) in [7, 11) is 0. The van der Waals surface area contributed by atoms with Crippen LogP contribution in [0.4, 0.5) is 5.82 Å². The Labute approximate surface area is 171 Å². The minimum absolute atomic E-state index is 0.0248. The van der Waals surface area contributed by atoms with Gasteiger partial charge in [-0.05, 0) is 24.3 Å². The molecule has 0 saturated heterocycles. The monoisotopic (exact) mass is 419 g/mol. The van der Waals surface area contributed by atoms with Gasteiger partial charge >= 0.3 is 0 Å². The van der Waals surface area contributed by atoms with Gasteiger partial charge in [0, 0.05) is 38.5 Å². The third kappa shape index (κ3) is 3.52. The summed E-state index contributed by atoms with van der Waals surface area (Å²) in [6, 6.07) is 13.2. The number of anilines is 1. The summed E-state index contributed by atoms with van der Waals surface area (Å²) in [6.45, 7) is 0.151. The number of hydrogen-bond acceptors (Lipinski definition) is 4. The van der Waals surface area contributed by atoms with Crippen LogP contribution in [0.3, 0.4) is 0 Å². The van der Waals surface area contributed by atoms with Crippen LogP contribution < -0.4 is 10.1 Å². The SMILES string of the molecule is OCC(O)COc1cccc2c3[nH][nH]c(NCc4c(Cl)cccc4Cl)c-3cc12. The lowest BCUT2D eigenvalue weighted by Crippen LogP contribution is -2.21. The average Bonchev–Trinajstić information content (AvgIpc) is 3.25. The lowest BCUT2D eigenvalue weighted by Gasteiger charge is -2.10. The highest BCUT2D eigenvalue weighted by molar-refractivity contribution is 6.36. The maximum atomic E-state index is 9.54. The van der Waals surface area contributed by atoms with Gasteiger partial charge in [-0.2, -0.15) is 0 Å². The van der Waals surface area contributed by atoms with Gasteiger partial charge in [0.05, 0.1) is 12.3 Å². The van der Waals surface area contributed by atoms with Gasteiger partial charge in [-0.1, -0.05) is 41.4 Å². The number of aromatic nitrogens is 2. The molecule has 146 valence electrons. The molecular formula is C20H19Cl2N3O3. The van der Waals surface area contributed by atoms with Crippen LogP contribution in [0.2, 0.25) is 10.0 Å². The Morgan fingerprint density at radius 1 is 1.04 bits per heavy atom. The molecule has 1 heterocycles. The van der Waals surface area contributed by atoms with Crippen molar-refractivity contribution in [3.05, 3.63) is 58.1 Å². The van der Waals surface area contributed by atoms with Crippen molar-refractivity contribution in [3.8, 4) is 17.0 Å². The molecule has 0 amide bonds. The van der Waals surface area contributed by atoms with E-state index in [2.05, 4.69) is 15.5 Å². The summed E-state index contributed by atoms with van der Waals surface area (Å²) in [6.07, 6.45) is -0.916. The molecule has 1 unspecified atom stereocenters. The number of halogens is 2. The molecule has 0 aromatic heterocycles. The van der Waals surface area contributed by atoms with Gasteiger partial charge in [0.15, 0.2) is 0 Å². The highest BCUT2D eigenvalue weighted by atomic mass is 35.5. The Hall–Kier alpha value is -2.38. The molecular weight excluding hydrogens is 401 g/mol. The fourth-order valence-electron chi connectivity index (χ4n) is 3.18. The van der Waals surface area contributed by atoms with E-state index in [1.165, 1.54) is 0 Å². The Bertz CT molecular complexity index is 1060. The summed E-state index contributed by atoms with van der Waals surface area (Å²) in [4.78, 5) is 0. The molecule has 0 fully saturated rings. The molecule has 1 aliphatic heterocycles. The third-order valence-electron chi connectivity index (χ3n) is 4.62. The molecule has 0 radical (unpaired) electrons. The molecule has 6 nitrogen and oxygen atoms in total. The number of aromatic amines is 2. The lowest BCUT2D eigenvalue weighted by atomic mass is 10.2. The van der Waals surface area contributed by atoms with E-state index in [1.807, 2.05) is 42.5 Å². The molecule has 0 bridgehead atoms. The molecule has 2 aromatic carbocycles. The summed E-state index contributed by atoms with van der Waals surface area (Å²) in [5.41, 5.74) is 2.74. The van der Waals surface area contributed by atoms with Crippen molar-refractivity contribution in [1.29, 1.82) is 0 Å². The number of rotatable bonds is 7. The number of ether oxygens (including phenoxy) is 1. The lowest BCUT2D eigenvalue weighted by molar-refractivity contribution is 0.0541. The normalized spacial score (nSPS) is 12.6. The van der Waals surface area contributed by atoms with E-state index in [0.29, 0.717) is 22.3 Å². The van der Waals surface area contributed by atoms with E-state index in [0.717, 1.165) is 33.4 Å². The number of hydrogen-bond donors (Lipinski definition) is 5. The van der Waals surface area contributed by atoms with Crippen LogP contribution in [0.5, 0.6) is 5.75 Å². The Morgan fingerprint density at radius 2 is 1.79 bits per heavy atom. The minimum Gasteiger partial charge on any atom is -0.490 e. The van der Waals surface area contributed by atoms with E-state index in [4.69, 9.17) is 33.0 Å². The van der Waals surface area contributed by atoms with E-state index in [1.54, 1.807) is 0 Å². The van der Waals surface area contributed by atoms with Gasteiger partial charge in [-0.3, -0.25) is 10.2 Å². The first-order valence-electron chi connectivity index (χ1n) is 8.78. The summed E-state index contributed by atoms with van der Waals surface area (Å²) >= 11 is 12.5.